The Morgan fingerprint density at radius 2 is 2.46 bits per heavy atom. The first-order chi connectivity index (χ1) is 6.29. The molecule has 0 aliphatic carbocycles. The van der Waals surface area contributed by atoms with E-state index in [2.05, 4.69) is 4.98 Å². The number of hydrogen-bond donors (Lipinski definition) is 1. The fourth-order valence-corrected chi connectivity index (χ4v) is 1.27. The molecule has 0 radical (unpaired) electrons. The van der Waals surface area contributed by atoms with E-state index in [1.54, 1.807) is 6.20 Å². The summed E-state index contributed by atoms with van der Waals surface area (Å²) in [6.07, 6.45) is 1.65. The molecule has 0 atom stereocenters. The average molecular weight is 184 g/mol. The first-order valence-electron chi connectivity index (χ1n) is 4.16. The van der Waals surface area contributed by atoms with Crippen molar-refractivity contribution in [1.82, 2.24) is 9.55 Å². The van der Waals surface area contributed by atoms with Crippen molar-refractivity contribution in [2.75, 3.05) is 6.79 Å². The van der Waals surface area contributed by atoms with Crippen molar-refractivity contribution in [3.63, 3.8) is 0 Å². The molecule has 1 saturated heterocycles. The number of aliphatic hydroxyl groups excluding tert-OH is 1. The van der Waals surface area contributed by atoms with E-state index in [-0.39, 0.29) is 12.9 Å². The molecular formula is C8H12N2O3. The average Bonchev–Trinajstić information content (AvgIpc) is 2.39. The highest BCUT2D eigenvalue weighted by molar-refractivity contribution is 5.01. The number of hydrogen-bond acceptors (Lipinski definition) is 4. The van der Waals surface area contributed by atoms with Gasteiger partial charge in [0.25, 0.3) is 0 Å². The van der Waals surface area contributed by atoms with Crippen molar-refractivity contribution in [2.24, 2.45) is 0 Å². The number of nitrogens with zero attached hydrogens (tertiary/aromatic N) is 2. The quantitative estimate of drug-likeness (QED) is 0.719. The predicted molar refractivity (Wildman–Crippen MR) is 43.7 cm³/mol. The minimum Gasteiger partial charge on any atom is -0.390 e. The third-order valence-electron chi connectivity index (χ3n) is 2.04. The third-order valence-corrected chi connectivity index (χ3v) is 2.04. The van der Waals surface area contributed by atoms with Gasteiger partial charge >= 0.3 is 0 Å². The van der Waals surface area contributed by atoms with Gasteiger partial charge in [-0.25, -0.2) is 4.98 Å². The van der Waals surface area contributed by atoms with Gasteiger partial charge in [0.15, 0.2) is 13.1 Å². The molecule has 13 heavy (non-hydrogen) atoms. The maximum Gasteiger partial charge on any atom is 0.181 e. The van der Waals surface area contributed by atoms with Crippen molar-refractivity contribution < 1.29 is 14.6 Å². The smallest absolute Gasteiger partial charge is 0.181 e. The highest BCUT2D eigenvalue weighted by Gasteiger charge is 2.19. The fourth-order valence-electron chi connectivity index (χ4n) is 1.27. The lowest BCUT2D eigenvalue weighted by atomic mass is 10.5. The summed E-state index contributed by atoms with van der Waals surface area (Å²) in [6, 6.07) is 0. The highest BCUT2D eigenvalue weighted by Crippen LogP contribution is 2.11. The first-order valence-corrected chi connectivity index (χ1v) is 4.16. The van der Waals surface area contributed by atoms with Gasteiger partial charge in [0.05, 0.1) is 18.8 Å². The second-order valence-corrected chi connectivity index (χ2v) is 2.97. The molecular weight excluding hydrogens is 172 g/mol. The number of aryl methyl sites for hydroxylation is 1. The molecule has 0 unspecified atom stereocenters. The number of rotatable bonds is 3. The van der Waals surface area contributed by atoms with Gasteiger partial charge in [-0.3, -0.25) is 0 Å². The van der Waals surface area contributed by atoms with E-state index >= 15 is 0 Å². The summed E-state index contributed by atoms with van der Waals surface area (Å²) in [5.74, 6) is 0.864. The number of imidazole rings is 1. The molecule has 72 valence electrons. The summed E-state index contributed by atoms with van der Waals surface area (Å²) in [6.45, 7) is 2.88. The molecule has 0 saturated carbocycles. The van der Waals surface area contributed by atoms with Crippen LogP contribution in [0.15, 0.2) is 6.20 Å². The van der Waals surface area contributed by atoms with Crippen LogP contribution in [0, 0.1) is 6.92 Å². The third kappa shape index (κ3) is 1.72. The van der Waals surface area contributed by atoms with Crippen molar-refractivity contribution >= 4 is 0 Å². The number of aromatic nitrogens is 2. The van der Waals surface area contributed by atoms with Gasteiger partial charge in [-0.15, -0.1) is 0 Å². The maximum absolute atomic E-state index is 8.84. The normalized spacial score (nSPS) is 17.4. The summed E-state index contributed by atoms with van der Waals surface area (Å²) in [7, 11) is 0. The Hall–Kier alpha value is -0.910. The molecule has 0 bridgehead atoms. The molecule has 1 aromatic rings. The predicted octanol–water partition coefficient (Wildman–Crippen LogP) is 0.0142. The van der Waals surface area contributed by atoms with Crippen LogP contribution in [-0.4, -0.2) is 27.7 Å². The SMILES string of the molecule is Cc1nc(CO)cn1CC1OCO1. The van der Waals surface area contributed by atoms with Gasteiger partial charge in [-0.05, 0) is 6.92 Å². The lowest BCUT2D eigenvalue weighted by Gasteiger charge is -2.27. The zero-order valence-corrected chi connectivity index (χ0v) is 7.43. The van der Waals surface area contributed by atoms with Crippen LogP contribution in [0.3, 0.4) is 0 Å². The Balaban J connectivity index is 2.05. The van der Waals surface area contributed by atoms with Gasteiger partial charge in [0.1, 0.15) is 5.82 Å². The minimum atomic E-state index is -0.153. The van der Waals surface area contributed by atoms with Crippen LogP contribution < -0.4 is 0 Å². The lowest BCUT2D eigenvalue weighted by molar-refractivity contribution is -0.324. The van der Waals surface area contributed by atoms with Gasteiger partial charge in [-0.2, -0.15) is 0 Å². The molecule has 1 fully saturated rings. The van der Waals surface area contributed by atoms with E-state index < -0.39 is 0 Å². The van der Waals surface area contributed by atoms with Crippen molar-refractivity contribution in [2.45, 2.75) is 26.4 Å². The Morgan fingerprint density at radius 3 is 2.92 bits per heavy atom. The molecule has 1 aromatic heterocycles. The molecule has 0 aromatic carbocycles. The topological polar surface area (TPSA) is 56.5 Å². The monoisotopic (exact) mass is 184 g/mol. The highest BCUT2D eigenvalue weighted by atomic mass is 16.8. The van der Waals surface area contributed by atoms with Gasteiger partial charge in [-0.1, -0.05) is 0 Å². The van der Waals surface area contributed by atoms with E-state index in [1.807, 2.05) is 11.5 Å². The lowest BCUT2D eigenvalue weighted by Crippen LogP contribution is -2.34. The largest absolute Gasteiger partial charge is 0.390 e. The molecule has 0 amide bonds. The summed E-state index contributed by atoms with van der Waals surface area (Å²) in [5, 5.41) is 8.84. The van der Waals surface area contributed by atoms with Gasteiger partial charge < -0.3 is 19.1 Å². The van der Waals surface area contributed by atoms with Crippen molar-refractivity contribution in [3.8, 4) is 0 Å². The van der Waals surface area contributed by atoms with E-state index in [0.29, 0.717) is 19.0 Å². The van der Waals surface area contributed by atoms with Crippen LogP contribution in [0.5, 0.6) is 0 Å². The van der Waals surface area contributed by atoms with Crippen LogP contribution in [0.4, 0.5) is 0 Å². The Labute approximate surface area is 75.9 Å². The Morgan fingerprint density at radius 1 is 1.69 bits per heavy atom. The summed E-state index contributed by atoms with van der Waals surface area (Å²) >= 11 is 0. The van der Waals surface area contributed by atoms with E-state index in [0.717, 1.165) is 5.82 Å². The summed E-state index contributed by atoms with van der Waals surface area (Å²) < 4.78 is 12.1. The second kappa shape index (κ2) is 3.45. The van der Waals surface area contributed by atoms with Crippen LogP contribution in [-0.2, 0) is 22.6 Å². The van der Waals surface area contributed by atoms with E-state index in [1.165, 1.54) is 0 Å². The molecule has 1 N–H and O–H groups in total. The van der Waals surface area contributed by atoms with Crippen LogP contribution in [0.2, 0.25) is 0 Å². The van der Waals surface area contributed by atoms with Crippen LogP contribution >= 0.6 is 0 Å². The van der Waals surface area contributed by atoms with Gasteiger partial charge in [0.2, 0.25) is 0 Å². The van der Waals surface area contributed by atoms with Crippen molar-refractivity contribution in [1.29, 1.82) is 0 Å². The van der Waals surface area contributed by atoms with Crippen LogP contribution in [0.1, 0.15) is 11.5 Å². The van der Waals surface area contributed by atoms with Gasteiger partial charge in [0, 0.05) is 6.20 Å². The molecule has 5 heteroatoms. The fraction of sp³-hybridized carbons (Fsp3) is 0.625. The molecule has 5 nitrogen and oxygen atoms in total. The second-order valence-electron chi connectivity index (χ2n) is 2.97. The molecule has 2 rings (SSSR count). The zero-order valence-electron chi connectivity index (χ0n) is 7.43. The molecule has 1 aliphatic heterocycles. The summed E-state index contributed by atoms with van der Waals surface area (Å²) in [5.41, 5.74) is 0.678. The molecule has 1 aliphatic rings. The van der Waals surface area contributed by atoms with Crippen molar-refractivity contribution in [3.05, 3.63) is 17.7 Å². The summed E-state index contributed by atoms with van der Waals surface area (Å²) in [4.78, 5) is 4.14. The first kappa shape index (κ1) is 8.68. The minimum absolute atomic E-state index is 0.0276. The zero-order chi connectivity index (χ0) is 9.26. The Kier molecular flexibility index (Phi) is 2.30. The Bertz CT molecular complexity index is 294. The van der Waals surface area contributed by atoms with E-state index in [4.69, 9.17) is 14.6 Å². The van der Waals surface area contributed by atoms with E-state index in [9.17, 15) is 0 Å². The van der Waals surface area contributed by atoms with Crippen LogP contribution in [0.25, 0.3) is 0 Å². The maximum atomic E-state index is 8.84. The number of ether oxygens (including phenoxy) is 2. The molecule has 2 heterocycles. The number of aliphatic hydroxyl groups is 1. The standard InChI is InChI=1S/C8H12N2O3/c1-6-9-7(4-11)2-10(6)3-8-12-5-13-8/h2,8,11H,3-5H2,1H3. The molecule has 0 spiro atoms.